The Hall–Kier alpha value is -1.63. The SMILES string of the molecule is CC(C)(CCc1ccccc1)NCc1ccc(C#N)s1. The maximum atomic E-state index is 8.83. The van der Waals surface area contributed by atoms with Crippen molar-refractivity contribution in [2.24, 2.45) is 0 Å². The molecule has 0 aliphatic heterocycles. The van der Waals surface area contributed by atoms with Gasteiger partial charge in [0.2, 0.25) is 0 Å². The molecule has 0 radical (unpaired) electrons. The van der Waals surface area contributed by atoms with Gasteiger partial charge in [0, 0.05) is 17.0 Å². The zero-order chi connectivity index (χ0) is 14.4. The lowest BCUT2D eigenvalue weighted by atomic mass is 9.95. The minimum Gasteiger partial charge on any atom is -0.307 e. The fourth-order valence-electron chi connectivity index (χ4n) is 2.05. The third-order valence-corrected chi connectivity index (χ3v) is 4.38. The number of nitrogens with zero attached hydrogens (tertiary/aromatic N) is 1. The van der Waals surface area contributed by atoms with Crippen LogP contribution in [0.2, 0.25) is 0 Å². The van der Waals surface area contributed by atoms with E-state index >= 15 is 0 Å². The van der Waals surface area contributed by atoms with E-state index in [1.165, 1.54) is 10.4 Å². The summed E-state index contributed by atoms with van der Waals surface area (Å²) >= 11 is 1.56. The van der Waals surface area contributed by atoms with Gasteiger partial charge in [0.25, 0.3) is 0 Å². The van der Waals surface area contributed by atoms with Crippen molar-refractivity contribution in [3.63, 3.8) is 0 Å². The van der Waals surface area contributed by atoms with Crippen molar-refractivity contribution >= 4 is 11.3 Å². The van der Waals surface area contributed by atoms with Gasteiger partial charge in [-0.3, -0.25) is 0 Å². The largest absolute Gasteiger partial charge is 0.307 e. The van der Waals surface area contributed by atoms with E-state index in [9.17, 15) is 0 Å². The highest BCUT2D eigenvalue weighted by Gasteiger charge is 2.17. The molecule has 104 valence electrons. The summed E-state index contributed by atoms with van der Waals surface area (Å²) in [4.78, 5) is 2.00. The van der Waals surface area contributed by atoms with Crippen molar-refractivity contribution in [3.05, 3.63) is 57.8 Å². The Kier molecular flexibility index (Phi) is 4.94. The van der Waals surface area contributed by atoms with Crippen LogP contribution in [0.4, 0.5) is 0 Å². The highest BCUT2D eigenvalue weighted by atomic mass is 32.1. The van der Waals surface area contributed by atoms with Crippen LogP contribution in [0.25, 0.3) is 0 Å². The Balaban J connectivity index is 1.83. The molecule has 1 N–H and O–H groups in total. The summed E-state index contributed by atoms with van der Waals surface area (Å²) in [5, 5.41) is 12.4. The molecule has 0 spiro atoms. The molecule has 0 aliphatic carbocycles. The monoisotopic (exact) mass is 284 g/mol. The van der Waals surface area contributed by atoms with E-state index in [0.717, 1.165) is 24.3 Å². The van der Waals surface area contributed by atoms with Gasteiger partial charge in [0.1, 0.15) is 10.9 Å². The van der Waals surface area contributed by atoms with Crippen LogP contribution >= 0.6 is 11.3 Å². The van der Waals surface area contributed by atoms with Crippen LogP contribution < -0.4 is 5.32 Å². The second-order valence-electron chi connectivity index (χ2n) is 5.60. The zero-order valence-corrected chi connectivity index (χ0v) is 12.8. The molecule has 0 bridgehead atoms. The molecule has 0 atom stereocenters. The molecule has 1 aromatic heterocycles. The van der Waals surface area contributed by atoms with Gasteiger partial charge in [-0.15, -0.1) is 11.3 Å². The lowest BCUT2D eigenvalue weighted by molar-refractivity contribution is 0.362. The van der Waals surface area contributed by atoms with Crippen LogP contribution in [0.15, 0.2) is 42.5 Å². The number of rotatable bonds is 6. The van der Waals surface area contributed by atoms with E-state index in [1.807, 2.05) is 12.1 Å². The van der Waals surface area contributed by atoms with Crippen molar-refractivity contribution in [2.45, 2.75) is 38.8 Å². The first-order valence-electron chi connectivity index (χ1n) is 6.87. The number of benzene rings is 1. The summed E-state index contributed by atoms with van der Waals surface area (Å²) in [6.07, 6.45) is 2.17. The number of hydrogen-bond acceptors (Lipinski definition) is 3. The highest BCUT2D eigenvalue weighted by Crippen LogP contribution is 2.18. The Morgan fingerprint density at radius 2 is 1.90 bits per heavy atom. The Bertz CT molecular complexity index is 579. The predicted octanol–water partition coefficient (Wildman–Crippen LogP) is 4.12. The summed E-state index contributed by atoms with van der Waals surface area (Å²) in [6.45, 7) is 5.29. The molecule has 2 aromatic rings. The summed E-state index contributed by atoms with van der Waals surface area (Å²) in [6, 6.07) is 16.7. The third kappa shape index (κ3) is 4.48. The van der Waals surface area contributed by atoms with Crippen molar-refractivity contribution < 1.29 is 0 Å². The number of hydrogen-bond donors (Lipinski definition) is 1. The minimum absolute atomic E-state index is 0.0899. The molecule has 0 saturated carbocycles. The van der Waals surface area contributed by atoms with E-state index in [2.05, 4.69) is 55.6 Å². The molecule has 20 heavy (non-hydrogen) atoms. The van der Waals surface area contributed by atoms with E-state index in [1.54, 1.807) is 11.3 Å². The Morgan fingerprint density at radius 3 is 2.55 bits per heavy atom. The average molecular weight is 284 g/mol. The zero-order valence-electron chi connectivity index (χ0n) is 12.0. The molecular formula is C17H20N2S. The lowest BCUT2D eigenvalue weighted by Gasteiger charge is -2.26. The second kappa shape index (κ2) is 6.69. The van der Waals surface area contributed by atoms with Gasteiger partial charge < -0.3 is 5.32 Å². The average Bonchev–Trinajstić information content (AvgIpc) is 2.93. The Morgan fingerprint density at radius 1 is 1.15 bits per heavy atom. The van der Waals surface area contributed by atoms with Gasteiger partial charge in [-0.1, -0.05) is 30.3 Å². The van der Waals surface area contributed by atoms with Crippen molar-refractivity contribution in [3.8, 4) is 6.07 Å². The molecule has 1 heterocycles. The molecule has 2 rings (SSSR count). The van der Waals surface area contributed by atoms with Crippen LogP contribution in [0, 0.1) is 11.3 Å². The third-order valence-electron chi connectivity index (χ3n) is 3.39. The lowest BCUT2D eigenvalue weighted by Crippen LogP contribution is -2.38. The number of thiophene rings is 1. The topological polar surface area (TPSA) is 35.8 Å². The molecule has 0 saturated heterocycles. The van der Waals surface area contributed by atoms with Gasteiger partial charge >= 0.3 is 0 Å². The first-order chi connectivity index (χ1) is 9.59. The van der Waals surface area contributed by atoms with E-state index < -0.39 is 0 Å². The van der Waals surface area contributed by atoms with Crippen LogP contribution in [-0.2, 0) is 13.0 Å². The van der Waals surface area contributed by atoms with Gasteiger partial charge in [-0.2, -0.15) is 5.26 Å². The molecule has 3 heteroatoms. The maximum Gasteiger partial charge on any atom is 0.110 e. The van der Waals surface area contributed by atoms with Gasteiger partial charge in [-0.05, 0) is 44.4 Å². The number of aryl methyl sites for hydroxylation is 1. The van der Waals surface area contributed by atoms with Crippen LogP contribution in [0.5, 0.6) is 0 Å². The van der Waals surface area contributed by atoms with Crippen LogP contribution in [0.3, 0.4) is 0 Å². The van der Waals surface area contributed by atoms with E-state index in [-0.39, 0.29) is 5.54 Å². The second-order valence-corrected chi connectivity index (χ2v) is 6.77. The molecule has 0 fully saturated rings. The standard InChI is InChI=1S/C17H20N2S/c1-17(2,11-10-14-6-4-3-5-7-14)19-13-16-9-8-15(12-18)20-16/h3-9,19H,10-11,13H2,1-2H3. The summed E-state index contributed by atoms with van der Waals surface area (Å²) < 4.78 is 0. The van der Waals surface area contributed by atoms with Crippen molar-refractivity contribution in [1.29, 1.82) is 5.26 Å². The first kappa shape index (κ1) is 14.8. The summed E-state index contributed by atoms with van der Waals surface area (Å²) in [5.41, 5.74) is 1.47. The van der Waals surface area contributed by atoms with Crippen LogP contribution in [-0.4, -0.2) is 5.54 Å². The maximum absolute atomic E-state index is 8.83. The molecular weight excluding hydrogens is 264 g/mol. The van der Waals surface area contributed by atoms with Crippen molar-refractivity contribution in [1.82, 2.24) is 5.32 Å². The summed E-state index contributed by atoms with van der Waals surface area (Å²) in [7, 11) is 0. The quantitative estimate of drug-likeness (QED) is 0.866. The Labute approximate surface area is 125 Å². The molecule has 0 aliphatic rings. The number of nitriles is 1. The molecule has 1 aromatic carbocycles. The van der Waals surface area contributed by atoms with Gasteiger partial charge in [0.05, 0.1) is 0 Å². The van der Waals surface area contributed by atoms with Gasteiger partial charge in [-0.25, -0.2) is 0 Å². The van der Waals surface area contributed by atoms with Crippen LogP contribution in [0.1, 0.15) is 35.6 Å². The normalized spacial score (nSPS) is 11.2. The fraction of sp³-hybridized carbons (Fsp3) is 0.353. The summed E-state index contributed by atoms with van der Waals surface area (Å²) in [5.74, 6) is 0. The molecule has 0 amide bonds. The highest BCUT2D eigenvalue weighted by molar-refractivity contribution is 7.12. The van der Waals surface area contributed by atoms with E-state index in [0.29, 0.717) is 0 Å². The minimum atomic E-state index is 0.0899. The number of nitrogens with one attached hydrogen (secondary N) is 1. The smallest absolute Gasteiger partial charge is 0.110 e. The fourth-order valence-corrected chi connectivity index (χ4v) is 2.79. The molecule has 0 unspecified atom stereocenters. The first-order valence-corrected chi connectivity index (χ1v) is 7.68. The van der Waals surface area contributed by atoms with E-state index in [4.69, 9.17) is 5.26 Å². The predicted molar refractivity (Wildman–Crippen MR) is 84.7 cm³/mol. The van der Waals surface area contributed by atoms with Gasteiger partial charge in [0.15, 0.2) is 0 Å². The molecule has 2 nitrogen and oxygen atoms in total. The van der Waals surface area contributed by atoms with Crippen molar-refractivity contribution in [2.75, 3.05) is 0 Å².